The van der Waals surface area contributed by atoms with Gasteiger partial charge in [0.05, 0.1) is 12.7 Å². The normalized spacial score (nSPS) is 17.9. The Balaban J connectivity index is 0.000000349. The number of hydrogen-bond donors (Lipinski definition) is 4. The number of nitrogens with one attached hydrogen (secondary N) is 2. The largest absolute Gasteiger partial charge is 0.490 e. The van der Waals surface area contributed by atoms with E-state index in [1.165, 1.54) is 17.8 Å². The van der Waals surface area contributed by atoms with Crippen molar-refractivity contribution in [3.8, 4) is 11.1 Å². The molecule has 2 heterocycles. The van der Waals surface area contributed by atoms with Gasteiger partial charge in [-0.25, -0.2) is 14.0 Å². The molecule has 0 spiro atoms. The molecule has 8 nitrogen and oxygen atoms in total. The minimum atomic E-state index is -5.08. The number of benzene rings is 2. The number of anilines is 1. The van der Waals surface area contributed by atoms with Crippen LogP contribution >= 0.6 is 0 Å². The highest BCUT2D eigenvalue weighted by molar-refractivity contribution is 5.73. The van der Waals surface area contributed by atoms with Gasteiger partial charge in [-0.05, 0) is 48.2 Å². The van der Waals surface area contributed by atoms with E-state index in [1.807, 2.05) is 12.1 Å². The quantitative estimate of drug-likeness (QED) is 0.378. The van der Waals surface area contributed by atoms with Crippen LogP contribution in [-0.2, 0) is 14.3 Å². The first-order valence-corrected chi connectivity index (χ1v) is 12.4. The molecule has 2 aliphatic rings. The van der Waals surface area contributed by atoms with Crippen LogP contribution in [0.15, 0.2) is 48.5 Å². The van der Waals surface area contributed by atoms with Gasteiger partial charge in [0.1, 0.15) is 5.82 Å². The van der Waals surface area contributed by atoms with Gasteiger partial charge in [-0.1, -0.05) is 24.3 Å². The maximum atomic E-state index is 13.2. The van der Waals surface area contributed by atoms with Gasteiger partial charge in [0.25, 0.3) is 0 Å². The summed E-state index contributed by atoms with van der Waals surface area (Å²) in [5.41, 5.74) is 3.43. The molecule has 0 amide bonds. The summed E-state index contributed by atoms with van der Waals surface area (Å²) in [6.45, 7) is 5.75. The number of halogens is 7. The molecular weight excluding hydrogens is 567 g/mol. The van der Waals surface area contributed by atoms with Crippen LogP contribution in [0.3, 0.4) is 0 Å². The molecular formula is C26H30F7N3O5. The highest BCUT2D eigenvalue weighted by Crippen LogP contribution is 2.27. The van der Waals surface area contributed by atoms with Crippen LogP contribution in [0.5, 0.6) is 0 Å². The number of rotatable bonds is 5. The molecule has 41 heavy (non-hydrogen) atoms. The number of carbonyl (C=O) groups is 2. The topological polar surface area (TPSA) is 111 Å². The molecule has 228 valence electrons. The van der Waals surface area contributed by atoms with Gasteiger partial charge in [-0.2, -0.15) is 26.3 Å². The Labute approximate surface area is 231 Å². The van der Waals surface area contributed by atoms with Crippen molar-refractivity contribution >= 4 is 17.6 Å². The number of carboxylic acids is 2. The molecule has 0 bridgehead atoms. The third-order valence-corrected chi connectivity index (χ3v) is 6.01. The molecule has 0 saturated carbocycles. The fourth-order valence-corrected chi connectivity index (χ4v) is 3.92. The van der Waals surface area contributed by atoms with Crippen LogP contribution in [0.4, 0.5) is 36.4 Å². The standard InChI is InChI=1S/C22H28FN3O.2C2HF3O2/c23-19-6-4-17(5-7-19)18-2-1-3-21(14-18)26-11-8-20(9-12-26)25-16-22-15-24-10-13-27-22;2*3-2(4,5)1(6)7/h1-7,14,20,22,24-25H,8-13,15-16H2;2*(H,6,7). The summed E-state index contributed by atoms with van der Waals surface area (Å²) < 4.78 is 82.4. The summed E-state index contributed by atoms with van der Waals surface area (Å²) in [6.07, 6.45) is -7.59. The van der Waals surface area contributed by atoms with Gasteiger partial charge < -0.3 is 30.5 Å². The molecule has 4 N–H and O–H groups in total. The number of piperidine rings is 1. The lowest BCUT2D eigenvalue weighted by atomic mass is 10.0. The minimum Gasteiger partial charge on any atom is -0.475 e. The molecule has 15 heteroatoms. The second-order valence-corrected chi connectivity index (χ2v) is 9.03. The Kier molecular flexibility index (Phi) is 12.8. The molecule has 0 aliphatic carbocycles. The first-order valence-electron chi connectivity index (χ1n) is 12.4. The summed E-state index contributed by atoms with van der Waals surface area (Å²) in [6, 6.07) is 15.8. The molecule has 2 saturated heterocycles. The van der Waals surface area contributed by atoms with E-state index in [1.54, 1.807) is 0 Å². The number of alkyl halides is 6. The van der Waals surface area contributed by atoms with E-state index in [2.05, 4.69) is 39.8 Å². The summed E-state index contributed by atoms with van der Waals surface area (Å²) in [5, 5.41) is 21.3. The van der Waals surface area contributed by atoms with Crippen molar-refractivity contribution in [3.05, 3.63) is 54.3 Å². The highest BCUT2D eigenvalue weighted by Gasteiger charge is 2.38. The van der Waals surface area contributed by atoms with Gasteiger partial charge in [0, 0.05) is 44.5 Å². The maximum absolute atomic E-state index is 13.2. The zero-order chi connectivity index (χ0) is 30.6. The highest BCUT2D eigenvalue weighted by atomic mass is 19.4. The lowest BCUT2D eigenvalue weighted by Gasteiger charge is -2.35. The third-order valence-electron chi connectivity index (χ3n) is 6.01. The predicted octanol–water partition coefficient (Wildman–Crippen LogP) is 4.31. The lowest BCUT2D eigenvalue weighted by molar-refractivity contribution is -0.193. The SMILES string of the molecule is Fc1ccc(-c2cccc(N3CCC(NCC4CNCCO4)CC3)c2)cc1.O=C(O)C(F)(F)F.O=C(O)C(F)(F)F. The summed E-state index contributed by atoms with van der Waals surface area (Å²) in [4.78, 5) is 20.2. The Hall–Kier alpha value is -3.43. The number of morpholine rings is 1. The van der Waals surface area contributed by atoms with Crippen LogP contribution in [0.25, 0.3) is 11.1 Å². The number of ether oxygens (including phenoxy) is 1. The Morgan fingerprint density at radius 2 is 1.49 bits per heavy atom. The second-order valence-electron chi connectivity index (χ2n) is 9.03. The fourth-order valence-electron chi connectivity index (χ4n) is 3.92. The van der Waals surface area contributed by atoms with E-state index < -0.39 is 24.3 Å². The Bertz CT molecular complexity index is 1080. The Morgan fingerprint density at radius 1 is 0.927 bits per heavy atom. The van der Waals surface area contributed by atoms with Gasteiger partial charge in [-0.15, -0.1) is 0 Å². The van der Waals surface area contributed by atoms with Crippen molar-refractivity contribution in [1.29, 1.82) is 0 Å². The fraction of sp³-hybridized carbons (Fsp3) is 0.462. The summed E-state index contributed by atoms with van der Waals surface area (Å²) >= 11 is 0. The van der Waals surface area contributed by atoms with E-state index in [0.717, 1.165) is 63.3 Å². The van der Waals surface area contributed by atoms with Crippen molar-refractivity contribution in [1.82, 2.24) is 10.6 Å². The van der Waals surface area contributed by atoms with Gasteiger partial charge in [0.15, 0.2) is 0 Å². The summed E-state index contributed by atoms with van der Waals surface area (Å²) in [5.74, 6) is -5.71. The van der Waals surface area contributed by atoms with Crippen molar-refractivity contribution < 1.29 is 55.3 Å². The Morgan fingerprint density at radius 3 is 1.98 bits per heavy atom. The van der Waals surface area contributed by atoms with E-state index in [9.17, 15) is 30.7 Å². The lowest BCUT2D eigenvalue weighted by Crippen LogP contribution is -2.49. The van der Waals surface area contributed by atoms with Crippen LogP contribution in [0.1, 0.15) is 12.8 Å². The van der Waals surface area contributed by atoms with E-state index in [-0.39, 0.29) is 5.82 Å². The van der Waals surface area contributed by atoms with Crippen LogP contribution in [0.2, 0.25) is 0 Å². The van der Waals surface area contributed by atoms with Gasteiger partial charge >= 0.3 is 24.3 Å². The average molecular weight is 598 g/mol. The third kappa shape index (κ3) is 12.3. The van der Waals surface area contributed by atoms with E-state index >= 15 is 0 Å². The first kappa shape index (κ1) is 33.8. The number of carboxylic acid groups (broad SMARTS) is 2. The van der Waals surface area contributed by atoms with Crippen molar-refractivity contribution in [3.63, 3.8) is 0 Å². The molecule has 2 aromatic rings. The summed E-state index contributed by atoms with van der Waals surface area (Å²) in [7, 11) is 0. The number of hydrogen-bond acceptors (Lipinski definition) is 6. The van der Waals surface area contributed by atoms with Gasteiger partial charge in [0.2, 0.25) is 0 Å². The van der Waals surface area contributed by atoms with Crippen LogP contribution < -0.4 is 15.5 Å². The van der Waals surface area contributed by atoms with Crippen molar-refractivity contribution in [2.45, 2.75) is 37.3 Å². The monoisotopic (exact) mass is 597 g/mol. The molecule has 1 atom stereocenters. The van der Waals surface area contributed by atoms with Gasteiger partial charge in [-0.3, -0.25) is 0 Å². The van der Waals surface area contributed by atoms with Crippen molar-refractivity contribution in [2.24, 2.45) is 0 Å². The van der Waals surface area contributed by atoms with E-state index in [4.69, 9.17) is 24.5 Å². The molecule has 2 aromatic carbocycles. The maximum Gasteiger partial charge on any atom is 0.490 e. The molecule has 0 aromatic heterocycles. The first-order chi connectivity index (χ1) is 19.2. The second kappa shape index (κ2) is 15.5. The zero-order valence-electron chi connectivity index (χ0n) is 21.6. The van der Waals surface area contributed by atoms with Crippen LogP contribution in [0, 0.1) is 5.82 Å². The predicted molar refractivity (Wildman–Crippen MR) is 135 cm³/mol. The zero-order valence-corrected chi connectivity index (χ0v) is 21.6. The number of nitrogens with zero attached hydrogens (tertiary/aromatic N) is 1. The smallest absolute Gasteiger partial charge is 0.475 e. The molecule has 2 fully saturated rings. The molecule has 1 unspecified atom stereocenters. The molecule has 0 radical (unpaired) electrons. The van der Waals surface area contributed by atoms with E-state index in [0.29, 0.717) is 12.1 Å². The number of aliphatic carboxylic acids is 2. The van der Waals surface area contributed by atoms with Crippen LogP contribution in [-0.4, -0.2) is 86.0 Å². The molecule has 2 aliphatic heterocycles. The average Bonchev–Trinajstić information content (AvgIpc) is 2.93. The molecule has 4 rings (SSSR count). The van der Waals surface area contributed by atoms with Crippen molar-refractivity contribution in [2.75, 3.05) is 44.2 Å². The minimum absolute atomic E-state index is 0.195.